The van der Waals surface area contributed by atoms with E-state index < -0.39 is 11.7 Å². The van der Waals surface area contributed by atoms with Gasteiger partial charge in [-0.15, -0.1) is 0 Å². The van der Waals surface area contributed by atoms with Gasteiger partial charge in [-0.25, -0.2) is 0 Å². The van der Waals surface area contributed by atoms with Crippen molar-refractivity contribution in [3.63, 3.8) is 0 Å². The molecule has 2 rings (SSSR count). The smallest absolute Gasteiger partial charge is 0.310 e. The van der Waals surface area contributed by atoms with E-state index in [1.54, 1.807) is 12.1 Å². The first-order valence-corrected chi connectivity index (χ1v) is 7.83. The average molecular weight is 299 g/mol. The molecule has 0 amide bonds. The van der Waals surface area contributed by atoms with Crippen LogP contribution in [0.15, 0.2) is 24.3 Å². The molecule has 0 spiro atoms. The van der Waals surface area contributed by atoms with Gasteiger partial charge in [0, 0.05) is 6.04 Å². The van der Waals surface area contributed by atoms with Gasteiger partial charge >= 0.3 is 6.18 Å². The van der Waals surface area contributed by atoms with E-state index in [4.69, 9.17) is 0 Å². The molecule has 1 nitrogen and oxygen atoms in total. The van der Waals surface area contributed by atoms with Crippen LogP contribution in [0.2, 0.25) is 0 Å². The van der Waals surface area contributed by atoms with Crippen molar-refractivity contribution in [2.24, 2.45) is 11.8 Å². The standard InChI is InChI=1S/C17H24F3N/c1-3-10-21-16(13-9-8-12(2)11-13)14-6-4-5-7-15(14)17(18,19)20/h4-7,12-13,16,21H,3,8-11H2,1-2H3. The Bertz CT molecular complexity index is 456. The molecule has 0 heterocycles. The molecule has 1 N–H and O–H groups in total. The van der Waals surface area contributed by atoms with Gasteiger partial charge in [0.15, 0.2) is 0 Å². The fraction of sp³-hybridized carbons (Fsp3) is 0.647. The summed E-state index contributed by atoms with van der Waals surface area (Å²) in [7, 11) is 0. The molecule has 1 aliphatic carbocycles. The number of hydrogen-bond donors (Lipinski definition) is 1. The molecule has 1 fully saturated rings. The fourth-order valence-electron chi connectivity index (χ4n) is 3.41. The summed E-state index contributed by atoms with van der Waals surface area (Å²) >= 11 is 0. The second kappa shape index (κ2) is 6.82. The van der Waals surface area contributed by atoms with Crippen LogP contribution in [0, 0.1) is 11.8 Å². The largest absolute Gasteiger partial charge is 0.416 e. The summed E-state index contributed by atoms with van der Waals surface area (Å²) in [6.07, 6.45) is -0.231. The van der Waals surface area contributed by atoms with E-state index in [2.05, 4.69) is 12.2 Å². The van der Waals surface area contributed by atoms with E-state index in [1.807, 2.05) is 6.92 Å². The molecule has 1 aromatic carbocycles. The highest BCUT2D eigenvalue weighted by Gasteiger charge is 2.38. The first kappa shape index (κ1) is 16.3. The third-order valence-corrected chi connectivity index (χ3v) is 4.42. The topological polar surface area (TPSA) is 12.0 Å². The van der Waals surface area contributed by atoms with Crippen molar-refractivity contribution in [3.05, 3.63) is 35.4 Å². The monoisotopic (exact) mass is 299 g/mol. The summed E-state index contributed by atoms with van der Waals surface area (Å²) in [5.41, 5.74) is -0.0734. The van der Waals surface area contributed by atoms with E-state index in [9.17, 15) is 13.2 Å². The zero-order valence-corrected chi connectivity index (χ0v) is 12.7. The lowest BCUT2D eigenvalue weighted by atomic mass is 9.88. The van der Waals surface area contributed by atoms with Crippen LogP contribution in [-0.4, -0.2) is 6.54 Å². The fourth-order valence-corrected chi connectivity index (χ4v) is 3.41. The molecule has 0 bridgehead atoms. The Morgan fingerprint density at radius 2 is 1.95 bits per heavy atom. The van der Waals surface area contributed by atoms with E-state index in [0.29, 0.717) is 17.4 Å². The summed E-state index contributed by atoms with van der Waals surface area (Å²) in [6, 6.07) is 5.84. The lowest BCUT2D eigenvalue weighted by Crippen LogP contribution is -2.30. The molecule has 0 saturated heterocycles. The Labute approximate surface area is 124 Å². The third kappa shape index (κ3) is 4.00. The van der Waals surface area contributed by atoms with Crippen LogP contribution in [0.4, 0.5) is 13.2 Å². The van der Waals surface area contributed by atoms with Crippen molar-refractivity contribution < 1.29 is 13.2 Å². The zero-order valence-electron chi connectivity index (χ0n) is 12.7. The minimum atomic E-state index is -4.28. The summed E-state index contributed by atoms with van der Waals surface area (Å²) in [5, 5.41) is 3.36. The molecule has 4 heteroatoms. The molecule has 0 radical (unpaired) electrons. The van der Waals surface area contributed by atoms with Crippen molar-refractivity contribution in [2.75, 3.05) is 6.54 Å². The molecular weight excluding hydrogens is 275 g/mol. The van der Waals surface area contributed by atoms with E-state index in [1.165, 1.54) is 12.1 Å². The zero-order chi connectivity index (χ0) is 15.5. The Morgan fingerprint density at radius 3 is 2.52 bits per heavy atom. The quantitative estimate of drug-likeness (QED) is 0.789. The van der Waals surface area contributed by atoms with Crippen molar-refractivity contribution in [1.29, 1.82) is 0 Å². The van der Waals surface area contributed by atoms with Gasteiger partial charge in [-0.05, 0) is 49.3 Å². The van der Waals surface area contributed by atoms with Crippen LogP contribution in [0.1, 0.15) is 56.7 Å². The molecule has 0 aromatic heterocycles. The van der Waals surface area contributed by atoms with E-state index >= 15 is 0 Å². The number of hydrogen-bond acceptors (Lipinski definition) is 1. The van der Waals surface area contributed by atoms with Gasteiger partial charge in [0.2, 0.25) is 0 Å². The lowest BCUT2D eigenvalue weighted by molar-refractivity contribution is -0.138. The first-order chi connectivity index (χ1) is 9.93. The van der Waals surface area contributed by atoms with Crippen LogP contribution in [0.3, 0.4) is 0 Å². The SMILES string of the molecule is CCCNC(c1ccccc1C(F)(F)F)C1CCC(C)C1. The summed E-state index contributed by atoms with van der Waals surface area (Å²) < 4.78 is 39.8. The maximum absolute atomic E-state index is 13.3. The van der Waals surface area contributed by atoms with Gasteiger partial charge in [-0.3, -0.25) is 0 Å². The highest BCUT2D eigenvalue weighted by molar-refractivity contribution is 5.33. The number of benzene rings is 1. The Hall–Kier alpha value is -1.03. The molecule has 1 saturated carbocycles. The second-order valence-electron chi connectivity index (χ2n) is 6.20. The molecule has 1 aliphatic rings. The summed E-state index contributed by atoms with van der Waals surface area (Å²) in [4.78, 5) is 0. The molecule has 3 atom stereocenters. The number of rotatable bonds is 5. The number of halogens is 3. The van der Waals surface area contributed by atoms with E-state index in [-0.39, 0.29) is 6.04 Å². The predicted octanol–water partition coefficient (Wildman–Crippen LogP) is 5.18. The lowest BCUT2D eigenvalue weighted by Gasteiger charge is -2.28. The third-order valence-electron chi connectivity index (χ3n) is 4.42. The molecule has 1 aromatic rings. The van der Waals surface area contributed by atoms with Gasteiger partial charge in [0.25, 0.3) is 0 Å². The van der Waals surface area contributed by atoms with Gasteiger partial charge in [-0.1, -0.05) is 38.5 Å². The van der Waals surface area contributed by atoms with Crippen LogP contribution in [0.5, 0.6) is 0 Å². The average Bonchev–Trinajstić information content (AvgIpc) is 2.85. The Morgan fingerprint density at radius 1 is 1.24 bits per heavy atom. The molecule has 118 valence electrons. The van der Waals surface area contributed by atoms with E-state index in [0.717, 1.165) is 32.2 Å². The highest BCUT2D eigenvalue weighted by atomic mass is 19.4. The van der Waals surface area contributed by atoms with Crippen LogP contribution >= 0.6 is 0 Å². The maximum atomic E-state index is 13.3. The van der Waals surface area contributed by atoms with Gasteiger partial charge < -0.3 is 5.32 Å². The molecular formula is C17H24F3N. The maximum Gasteiger partial charge on any atom is 0.416 e. The first-order valence-electron chi connectivity index (χ1n) is 7.83. The van der Waals surface area contributed by atoms with Gasteiger partial charge in [0.1, 0.15) is 0 Å². The summed E-state index contributed by atoms with van der Waals surface area (Å²) in [6.45, 7) is 4.98. The minimum Gasteiger partial charge on any atom is -0.310 e. The second-order valence-corrected chi connectivity index (χ2v) is 6.20. The van der Waals surface area contributed by atoms with Crippen LogP contribution in [0.25, 0.3) is 0 Å². The number of alkyl halides is 3. The predicted molar refractivity (Wildman–Crippen MR) is 79.0 cm³/mol. The van der Waals surface area contributed by atoms with Crippen molar-refractivity contribution in [3.8, 4) is 0 Å². The highest BCUT2D eigenvalue weighted by Crippen LogP contribution is 2.42. The minimum absolute atomic E-state index is 0.187. The molecule has 21 heavy (non-hydrogen) atoms. The summed E-state index contributed by atoms with van der Waals surface area (Å²) in [5.74, 6) is 0.911. The Balaban J connectivity index is 2.32. The van der Waals surface area contributed by atoms with Gasteiger partial charge in [0.05, 0.1) is 5.56 Å². The van der Waals surface area contributed by atoms with Crippen molar-refractivity contribution in [2.45, 2.75) is 51.7 Å². The Kier molecular flexibility index (Phi) is 5.31. The van der Waals surface area contributed by atoms with Crippen molar-refractivity contribution >= 4 is 0 Å². The number of nitrogens with one attached hydrogen (secondary N) is 1. The van der Waals surface area contributed by atoms with Crippen LogP contribution < -0.4 is 5.32 Å². The molecule has 0 aliphatic heterocycles. The van der Waals surface area contributed by atoms with Crippen molar-refractivity contribution in [1.82, 2.24) is 5.32 Å². The molecule has 3 unspecified atom stereocenters. The van der Waals surface area contributed by atoms with Gasteiger partial charge in [-0.2, -0.15) is 13.2 Å². The van der Waals surface area contributed by atoms with Crippen LogP contribution in [-0.2, 0) is 6.18 Å². The normalized spacial score (nSPS) is 24.2.